The van der Waals surface area contributed by atoms with E-state index in [1.807, 2.05) is 24.4 Å². The third-order valence-electron chi connectivity index (χ3n) is 6.51. The summed E-state index contributed by atoms with van der Waals surface area (Å²) < 4.78 is 19.8. The number of hydrogen-bond acceptors (Lipinski definition) is 3. The lowest BCUT2D eigenvalue weighted by Gasteiger charge is -2.42. The molecule has 166 valence electrons. The molecule has 3 heterocycles. The summed E-state index contributed by atoms with van der Waals surface area (Å²) in [6, 6.07) is 13.9. The third-order valence-corrected chi connectivity index (χ3v) is 6.51. The van der Waals surface area contributed by atoms with Crippen molar-refractivity contribution in [2.45, 2.75) is 44.9 Å². The van der Waals surface area contributed by atoms with Gasteiger partial charge in [-0.05, 0) is 51.0 Å². The maximum Gasteiger partial charge on any atom is 0.337 e. The lowest BCUT2D eigenvalue weighted by atomic mass is 9.87. The zero-order valence-electron chi connectivity index (χ0n) is 18.8. The Bertz CT molecular complexity index is 1310. The predicted octanol–water partition coefficient (Wildman–Crippen LogP) is 5.52. The standard InChI is InChI=1S/C26H28FN3O2/c1-15-11-19-17-7-5-6-8-21(17)29-23(19)24(30(15)14-26(2,3)27)20-13-28-22-12-16(25(31)32-4)9-10-18(20)22/h5-10,12-13,15,24,28-29H,11,14H2,1-4H3/t15-,24-/m1/s1. The fourth-order valence-corrected chi connectivity index (χ4v) is 5.14. The molecule has 0 aliphatic carbocycles. The number of carbonyl (C=O) groups excluding carboxylic acids is 1. The van der Waals surface area contributed by atoms with E-state index in [2.05, 4.69) is 40.0 Å². The van der Waals surface area contributed by atoms with Crippen molar-refractivity contribution in [2.24, 2.45) is 0 Å². The molecule has 5 nitrogen and oxygen atoms in total. The van der Waals surface area contributed by atoms with E-state index in [0.717, 1.165) is 34.1 Å². The molecule has 32 heavy (non-hydrogen) atoms. The number of rotatable bonds is 4. The second-order valence-corrected chi connectivity index (χ2v) is 9.41. The number of carbonyl (C=O) groups is 1. The molecular formula is C26H28FN3O2. The van der Waals surface area contributed by atoms with Gasteiger partial charge in [-0.2, -0.15) is 0 Å². The highest BCUT2D eigenvalue weighted by Gasteiger charge is 2.39. The Balaban J connectivity index is 1.71. The number of aromatic nitrogens is 2. The number of halogens is 1. The quantitative estimate of drug-likeness (QED) is 0.417. The number of para-hydroxylation sites is 1. The Morgan fingerprint density at radius 1 is 1.19 bits per heavy atom. The van der Waals surface area contributed by atoms with Crippen LogP contribution in [0.4, 0.5) is 4.39 Å². The van der Waals surface area contributed by atoms with Crippen LogP contribution in [0.5, 0.6) is 0 Å². The Morgan fingerprint density at radius 2 is 1.97 bits per heavy atom. The highest BCUT2D eigenvalue weighted by atomic mass is 19.1. The molecule has 5 rings (SSSR count). The maximum absolute atomic E-state index is 14.9. The Morgan fingerprint density at radius 3 is 2.72 bits per heavy atom. The number of methoxy groups -OCH3 is 1. The van der Waals surface area contributed by atoms with Crippen LogP contribution >= 0.6 is 0 Å². The van der Waals surface area contributed by atoms with Gasteiger partial charge in [-0.15, -0.1) is 0 Å². The number of ether oxygens (including phenoxy) is 1. The number of nitrogens with zero attached hydrogens (tertiary/aromatic N) is 1. The number of esters is 1. The first-order valence-corrected chi connectivity index (χ1v) is 11.0. The number of aromatic amines is 2. The first kappa shape index (κ1) is 20.8. The van der Waals surface area contributed by atoms with Crippen molar-refractivity contribution in [2.75, 3.05) is 13.7 Å². The normalized spacial score (nSPS) is 19.4. The van der Waals surface area contributed by atoms with Crippen molar-refractivity contribution in [3.05, 3.63) is 71.0 Å². The van der Waals surface area contributed by atoms with Gasteiger partial charge in [-0.3, -0.25) is 4.90 Å². The van der Waals surface area contributed by atoms with E-state index in [1.54, 1.807) is 19.9 Å². The van der Waals surface area contributed by atoms with Gasteiger partial charge in [0.15, 0.2) is 0 Å². The van der Waals surface area contributed by atoms with E-state index in [1.165, 1.54) is 18.1 Å². The second kappa shape index (κ2) is 7.48. The molecule has 2 N–H and O–H groups in total. The Labute approximate surface area is 186 Å². The Kier molecular flexibility index (Phi) is 4.86. The van der Waals surface area contributed by atoms with Gasteiger partial charge in [0.2, 0.25) is 0 Å². The van der Waals surface area contributed by atoms with E-state index < -0.39 is 5.67 Å². The van der Waals surface area contributed by atoms with Gasteiger partial charge in [0.05, 0.1) is 18.7 Å². The average molecular weight is 434 g/mol. The predicted molar refractivity (Wildman–Crippen MR) is 125 cm³/mol. The van der Waals surface area contributed by atoms with Crippen LogP contribution in [0, 0.1) is 0 Å². The highest BCUT2D eigenvalue weighted by Crippen LogP contribution is 2.43. The number of hydrogen-bond donors (Lipinski definition) is 2. The van der Waals surface area contributed by atoms with Crippen molar-refractivity contribution in [1.29, 1.82) is 0 Å². The van der Waals surface area contributed by atoms with Gasteiger partial charge in [-0.1, -0.05) is 24.3 Å². The molecule has 0 fully saturated rings. The first-order valence-electron chi connectivity index (χ1n) is 11.0. The molecule has 0 unspecified atom stereocenters. The lowest BCUT2D eigenvalue weighted by Crippen LogP contribution is -2.47. The molecule has 1 aliphatic rings. The average Bonchev–Trinajstić information content (AvgIpc) is 3.34. The number of H-pyrrole nitrogens is 2. The minimum absolute atomic E-state index is 0.131. The topological polar surface area (TPSA) is 61.1 Å². The highest BCUT2D eigenvalue weighted by molar-refractivity contribution is 5.95. The van der Waals surface area contributed by atoms with Gasteiger partial charge < -0.3 is 14.7 Å². The van der Waals surface area contributed by atoms with Crippen molar-refractivity contribution in [1.82, 2.24) is 14.9 Å². The molecule has 2 aromatic heterocycles. The van der Waals surface area contributed by atoms with E-state index in [4.69, 9.17) is 4.74 Å². The summed E-state index contributed by atoms with van der Waals surface area (Å²) in [5.74, 6) is -0.368. The second-order valence-electron chi connectivity index (χ2n) is 9.41. The summed E-state index contributed by atoms with van der Waals surface area (Å²) in [5.41, 5.74) is 4.61. The van der Waals surface area contributed by atoms with Crippen LogP contribution in [0.25, 0.3) is 21.8 Å². The minimum atomic E-state index is -1.33. The fraction of sp³-hybridized carbons (Fsp3) is 0.346. The minimum Gasteiger partial charge on any atom is -0.465 e. The summed E-state index contributed by atoms with van der Waals surface area (Å²) in [4.78, 5) is 21.2. The number of alkyl halides is 1. The third kappa shape index (κ3) is 3.39. The molecule has 2 aromatic carbocycles. The molecule has 6 heteroatoms. The molecular weight excluding hydrogens is 405 g/mol. The zero-order chi connectivity index (χ0) is 22.6. The van der Waals surface area contributed by atoms with Crippen LogP contribution in [-0.4, -0.2) is 46.2 Å². The summed E-state index contributed by atoms with van der Waals surface area (Å²) >= 11 is 0. The van der Waals surface area contributed by atoms with Gasteiger partial charge in [-0.25, -0.2) is 9.18 Å². The van der Waals surface area contributed by atoms with Crippen LogP contribution in [0.1, 0.15) is 54.0 Å². The summed E-state index contributed by atoms with van der Waals surface area (Å²) in [6.45, 7) is 5.76. The molecule has 1 aliphatic heterocycles. The molecule has 0 amide bonds. The molecule has 4 aromatic rings. The first-order chi connectivity index (χ1) is 15.3. The lowest BCUT2D eigenvalue weighted by molar-refractivity contribution is 0.0600. The SMILES string of the molecule is COC(=O)c1ccc2c([C@@H]3c4[nH]c5ccccc5c4C[C@@H](C)N3CC(C)(C)F)c[nH]c2c1. The van der Waals surface area contributed by atoms with Gasteiger partial charge in [0, 0.05) is 51.8 Å². The van der Waals surface area contributed by atoms with Crippen molar-refractivity contribution >= 4 is 27.8 Å². The van der Waals surface area contributed by atoms with E-state index in [9.17, 15) is 9.18 Å². The number of nitrogens with one attached hydrogen (secondary N) is 2. The molecule has 0 saturated heterocycles. The van der Waals surface area contributed by atoms with E-state index >= 15 is 0 Å². The monoisotopic (exact) mass is 433 g/mol. The molecule has 2 atom stereocenters. The van der Waals surface area contributed by atoms with Crippen LogP contribution in [-0.2, 0) is 11.2 Å². The van der Waals surface area contributed by atoms with Gasteiger partial charge in [0.25, 0.3) is 0 Å². The Hall–Kier alpha value is -3.12. The summed E-state index contributed by atoms with van der Waals surface area (Å²) in [5, 5.41) is 2.24. The molecule has 0 bridgehead atoms. The molecule has 0 spiro atoms. The fourth-order valence-electron chi connectivity index (χ4n) is 5.14. The van der Waals surface area contributed by atoms with Gasteiger partial charge in [0.1, 0.15) is 5.67 Å². The summed E-state index contributed by atoms with van der Waals surface area (Å²) in [6.07, 6.45) is 2.85. The van der Waals surface area contributed by atoms with E-state index in [0.29, 0.717) is 12.1 Å². The van der Waals surface area contributed by atoms with Crippen LogP contribution in [0.15, 0.2) is 48.7 Å². The number of benzene rings is 2. The largest absolute Gasteiger partial charge is 0.465 e. The van der Waals surface area contributed by atoms with E-state index in [-0.39, 0.29) is 18.1 Å². The van der Waals surface area contributed by atoms with Gasteiger partial charge >= 0.3 is 5.97 Å². The maximum atomic E-state index is 14.9. The van der Waals surface area contributed by atoms with Crippen LogP contribution in [0.2, 0.25) is 0 Å². The molecule has 0 radical (unpaired) electrons. The summed E-state index contributed by atoms with van der Waals surface area (Å²) in [7, 11) is 1.38. The number of fused-ring (bicyclic) bond motifs is 4. The van der Waals surface area contributed by atoms with Crippen molar-refractivity contribution in [3.63, 3.8) is 0 Å². The van der Waals surface area contributed by atoms with Crippen molar-refractivity contribution in [3.8, 4) is 0 Å². The molecule has 0 saturated carbocycles. The van der Waals surface area contributed by atoms with Crippen molar-refractivity contribution < 1.29 is 13.9 Å². The van der Waals surface area contributed by atoms with Crippen LogP contribution < -0.4 is 0 Å². The smallest absolute Gasteiger partial charge is 0.337 e. The van der Waals surface area contributed by atoms with Crippen LogP contribution in [0.3, 0.4) is 0 Å². The zero-order valence-corrected chi connectivity index (χ0v) is 18.8.